The molecule has 1 unspecified atom stereocenters. The van der Waals surface area contributed by atoms with E-state index in [0.717, 1.165) is 0 Å². The van der Waals surface area contributed by atoms with E-state index in [9.17, 15) is 4.79 Å². The van der Waals surface area contributed by atoms with E-state index in [0.29, 0.717) is 18.2 Å². The maximum Gasteiger partial charge on any atom is 0.328 e. The van der Waals surface area contributed by atoms with Crippen LogP contribution in [0.25, 0.3) is 0 Å². The Morgan fingerprint density at radius 1 is 1.62 bits per heavy atom. The van der Waals surface area contributed by atoms with Crippen molar-refractivity contribution in [3.8, 4) is 5.75 Å². The molecule has 1 heterocycles. The molecule has 0 spiro atoms. The van der Waals surface area contributed by atoms with Gasteiger partial charge in [0.15, 0.2) is 11.6 Å². The number of rotatable bonds is 5. The Morgan fingerprint density at radius 2 is 2.38 bits per heavy atom. The van der Waals surface area contributed by atoms with Gasteiger partial charge in [-0.3, -0.25) is 0 Å². The standard InChI is InChI=1S/C11H16N2O3/c1-4-16-9-6-5-7-12-10(9)13-8(2)11(14)15-3/h5-8H,4H2,1-3H3,(H,12,13). The summed E-state index contributed by atoms with van der Waals surface area (Å²) >= 11 is 0. The molecule has 1 N–H and O–H groups in total. The molecule has 0 radical (unpaired) electrons. The molecule has 1 rings (SSSR count). The molecular weight excluding hydrogens is 208 g/mol. The number of carbonyl (C=O) groups is 1. The lowest BCUT2D eigenvalue weighted by Gasteiger charge is -2.14. The third-order valence-electron chi connectivity index (χ3n) is 1.98. The summed E-state index contributed by atoms with van der Waals surface area (Å²) in [5.74, 6) is 0.830. The number of hydrogen-bond donors (Lipinski definition) is 1. The van der Waals surface area contributed by atoms with E-state index in [4.69, 9.17) is 4.74 Å². The first-order valence-electron chi connectivity index (χ1n) is 5.11. The first kappa shape index (κ1) is 12.3. The van der Waals surface area contributed by atoms with Crippen molar-refractivity contribution in [1.82, 2.24) is 4.98 Å². The zero-order valence-electron chi connectivity index (χ0n) is 9.69. The molecule has 1 atom stereocenters. The molecule has 5 nitrogen and oxygen atoms in total. The van der Waals surface area contributed by atoms with Crippen LogP contribution in [0.2, 0.25) is 0 Å². The van der Waals surface area contributed by atoms with Crippen LogP contribution in [0.3, 0.4) is 0 Å². The molecule has 5 heteroatoms. The quantitative estimate of drug-likeness (QED) is 0.767. The predicted octanol–water partition coefficient (Wildman–Crippen LogP) is 1.45. The van der Waals surface area contributed by atoms with E-state index in [1.54, 1.807) is 25.3 Å². The van der Waals surface area contributed by atoms with Gasteiger partial charge in [0.1, 0.15) is 6.04 Å². The van der Waals surface area contributed by atoms with Crippen molar-refractivity contribution in [1.29, 1.82) is 0 Å². The van der Waals surface area contributed by atoms with Crippen LogP contribution in [0.4, 0.5) is 5.82 Å². The van der Waals surface area contributed by atoms with Crippen molar-refractivity contribution < 1.29 is 14.3 Å². The minimum absolute atomic E-state index is 0.340. The highest BCUT2D eigenvalue weighted by Gasteiger charge is 2.15. The average Bonchev–Trinajstić information content (AvgIpc) is 2.31. The number of ether oxygens (including phenoxy) is 2. The Hall–Kier alpha value is -1.78. The normalized spacial score (nSPS) is 11.7. The minimum Gasteiger partial charge on any atom is -0.490 e. The average molecular weight is 224 g/mol. The molecule has 88 valence electrons. The van der Waals surface area contributed by atoms with Crippen molar-refractivity contribution in [2.75, 3.05) is 19.0 Å². The Kier molecular flexibility index (Phi) is 4.57. The number of nitrogens with one attached hydrogen (secondary N) is 1. The second-order valence-electron chi connectivity index (χ2n) is 3.17. The van der Waals surface area contributed by atoms with E-state index in [1.807, 2.05) is 6.92 Å². The van der Waals surface area contributed by atoms with Crippen LogP contribution in [0, 0.1) is 0 Å². The van der Waals surface area contributed by atoms with Crippen LogP contribution in [0.15, 0.2) is 18.3 Å². The fraction of sp³-hybridized carbons (Fsp3) is 0.455. The summed E-state index contributed by atoms with van der Waals surface area (Å²) in [6, 6.07) is 3.11. The lowest BCUT2D eigenvalue weighted by molar-refractivity contribution is -0.141. The SMILES string of the molecule is CCOc1cccnc1NC(C)C(=O)OC. The monoisotopic (exact) mass is 224 g/mol. The largest absolute Gasteiger partial charge is 0.490 e. The van der Waals surface area contributed by atoms with Gasteiger partial charge in [0, 0.05) is 6.20 Å². The number of carbonyl (C=O) groups excluding carboxylic acids is 1. The summed E-state index contributed by atoms with van der Waals surface area (Å²) in [5, 5.41) is 2.94. The number of nitrogens with zero attached hydrogens (tertiary/aromatic N) is 1. The highest BCUT2D eigenvalue weighted by molar-refractivity contribution is 5.78. The number of hydrogen-bond acceptors (Lipinski definition) is 5. The summed E-state index contributed by atoms with van der Waals surface area (Å²) < 4.78 is 9.99. The van der Waals surface area contributed by atoms with E-state index in [2.05, 4.69) is 15.0 Å². The molecule has 0 aliphatic rings. The molecule has 0 aromatic carbocycles. The second-order valence-corrected chi connectivity index (χ2v) is 3.17. The molecule has 0 aliphatic carbocycles. The van der Waals surface area contributed by atoms with E-state index >= 15 is 0 Å². The fourth-order valence-corrected chi connectivity index (χ4v) is 1.21. The zero-order valence-corrected chi connectivity index (χ0v) is 9.69. The maximum absolute atomic E-state index is 11.2. The lowest BCUT2D eigenvalue weighted by Crippen LogP contribution is -2.27. The molecule has 16 heavy (non-hydrogen) atoms. The van der Waals surface area contributed by atoms with Gasteiger partial charge in [0.25, 0.3) is 0 Å². The summed E-state index contributed by atoms with van der Waals surface area (Å²) in [6.07, 6.45) is 1.63. The van der Waals surface area contributed by atoms with Gasteiger partial charge in [-0.25, -0.2) is 9.78 Å². The molecule has 0 fully saturated rings. The van der Waals surface area contributed by atoms with Gasteiger partial charge in [-0.15, -0.1) is 0 Å². The van der Waals surface area contributed by atoms with Crippen molar-refractivity contribution in [3.05, 3.63) is 18.3 Å². The maximum atomic E-state index is 11.2. The molecule has 1 aromatic rings. The summed E-state index contributed by atoms with van der Waals surface area (Å²) in [6.45, 7) is 4.14. The Balaban J connectivity index is 2.75. The highest BCUT2D eigenvalue weighted by atomic mass is 16.5. The zero-order chi connectivity index (χ0) is 12.0. The van der Waals surface area contributed by atoms with E-state index in [1.165, 1.54) is 7.11 Å². The van der Waals surface area contributed by atoms with Crippen LogP contribution in [0.1, 0.15) is 13.8 Å². The van der Waals surface area contributed by atoms with Crippen LogP contribution in [-0.4, -0.2) is 30.7 Å². The molecule has 1 aromatic heterocycles. The van der Waals surface area contributed by atoms with Crippen LogP contribution >= 0.6 is 0 Å². The number of aromatic nitrogens is 1. The molecule has 0 aliphatic heterocycles. The van der Waals surface area contributed by atoms with Crippen molar-refractivity contribution >= 4 is 11.8 Å². The fourth-order valence-electron chi connectivity index (χ4n) is 1.21. The third kappa shape index (κ3) is 3.12. The van der Waals surface area contributed by atoms with E-state index < -0.39 is 6.04 Å². The van der Waals surface area contributed by atoms with Gasteiger partial charge >= 0.3 is 5.97 Å². The molecule has 0 saturated heterocycles. The summed E-state index contributed by atoms with van der Waals surface area (Å²) in [5.41, 5.74) is 0. The van der Waals surface area contributed by atoms with Crippen molar-refractivity contribution in [3.63, 3.8) is 0 Å². The van der Waals surface area contributed by atoms with Crippen LogP contribution in [0.5, 0.6) is 5.75 Å². The Labute approximate surface area is 94.8 Å². The third-order valence-corrected chi connectivity index (χ3v) is 1.98. The van der Waals surface area contributed by atoms with Crippen LogP contribution < -0.4 is 10.1 Å². The molecule has 0 saturated carbocycles. The second kappa shape index (κ2) is 5.95. The van der Waals surface area contributed by atoms with Gasteiger partial charge in [0.05, 0.1) is 13.7 Å². The number of anilines is 1. The van der Waals surface area contributed by atoms with E-state index in [-0.39, 0.29) is 5.97 Å². The lowest BCUT2D eigenvalue weighted by atomic mass is 10.3. The smallest absolute Gasteiger partial charge is 0.328 e. The Bertz CT molecular complexity index is 355. The van der Waals surface area contributed by atoms with Gasteiger partial charge in [-0.05, 0) is 26.0 Å². The summed E-state index contributed by atoms with van der Waals surface area (Å²) in [7, 11) is 1.35. The first-order chi connectivity index (χ1) is 7.69. The van der Waals surface area contributed by atoms with Gasteiger partial charge in [-0.2, -0.15) is 0 Å². The van der Waals surface area contributed by atoms with Gasteiger partial charge in [0.2, 0.25) is 0 Å². The number of esters is 1. The summed E-state index contributed by atoms with van der Waals surface area (Å²) in [4.78, 5) is 15.3. The van der Waals surface area contributed by atoms with Crippen LogP contribution in [-0.2, 0) is 9.53 Å². The number of methoxy groups -OCH3 is 1. The highest BCUT2D eigenvalue weighted by Crippen LogP contribution is 2.21. The topological polar surface area (TPSA) is 60.5 Å². The molecule has 0 amide bonds. The van der Waals surface area contributed by atoms with Crippen molar-refractivity contribution in [2.45, 2.75) is 19.9 Å². The van der Waals surface area contributed by atoms with Crippen molar-refractivity contribution in [2.24, 2.45) is 0 Å². The predicted molar refractivity (Wildman–Crippen MR) is 60.5 cm³/mol. The molecule has 0 bridgehead atoms. The van der Waals surface area contributed by atoms with Gasteiger partial charge < -0.3 is 14.8 Å². The number of pyridine rings is 1. The Morgan fingerprint density at radius 3 is 3.00 bits per heavy atom. The first-order valence-corrected chi connectivity index (χ1v) is 5.11. The molecular formula is C11H16N2O3. The minimum atomic E-state index is -0.459. The van der Waals surface area contributed by atoms with Gasteiger partial charge in [-0.1, -0.05) is 0 Å².